The molecule has 1 N–H and O–H groups in total. The Morgan fingerprint density at radius 3 is 1.91 bits per heavy atom. The Kier molecular flexibility index (Phi) is 0.873. The third-order valence-electron chi connectivity index (χ3n) is 4.11. The van der Waals surface area contributed by atoms with Crippen molar-refractivity contribution in [3.05, 3.63) is 0 Å². The van der Waals surface area contributed by atoms with Crippen LogP contribution in [0.1, 0.15) is 34.1 Å². The van der Waals surface area contributed by atoms with E-state index in [9.17, 15) is 4.79 Å². The summed E-state index contributed by atoms with van der Waals surface area (Å²) < 4.78 is 0. The summed E-state index contributed by atoms with van der Waals surface area (Å²) in [5.41, 5.74) is 0.145. The second kappa shape index (κ2) is 1.35. The van der Waals surface area contributed by atoms with E-state index < -0.39 is 0 Å². The molecular formula is C9H15NO. The number of rotatable bonds is 0. The SMILES string of the molecule is CC1(C)NC(=O)[C@@]2(C)C[C@]12C. The highest BCUT2D eigenvalue weighted by Gasteiger charge is 2.76. The van der Waals surface area contributed by atoms with Crippen LogP contribution in [0, 0.1) is 10.8 Å². The lowest BCUT2D eigenvalue weighted by atomic mass is 9.84. The van der Waals surface area contributed by atoms with E-state index >= 15 is 0 Å². The number of hydrogen-bond donors (Lipinski definition) is 1. The number of hydrogen-bond acceptors (Lipinski definition) is 1. The van der Waals surface area contributed by atoms with Crippen molar-refractivity contribution < 1.29 is 4.79 Å². The first kappa shape index (κ1) is 7.14. The molecule has 0 aromatic rings. The third kappa shape index (κ3) is 0.501. The van der Waals surface area contributed by atoms with Gasteiger partial charge in [0.1, 0.15) is 0 Å². The van der Waals surface area contributed by atoms with Crippen molar-refractivity contribution in [2.24, 2.45) is 10.8 Å². The monoisotopic (exact) mass is 153 g/mol. The van der Waals surface area contributed by atoms with E-state index in [0.29, 0.717) is 0 Å². The van der Waals surface area contributed by atoms with Gasteiger partial charge in [0.25, 0.3) is 0 Å². The highest BCUT2D eigenvalue weighted by atomic mass is 16.2. The van der Waals surface area contributed by atoms with Crippen LogP contribution in [0.4, 0.5) is 0 Å². The quantitative estimate of drug-likeness (QED) is 0.558. The molecule has 1 heterocycles. The predicted molar refractivity (Wildman–Crippen MR) is 43.1 cm³/mol. The lowest BCUT2D eigenvalue weighted by molar-refractivity contribution is -0.124. The highest BCUT2D eigenvalue weighted by Crippen LogP contribution is 2.72. The smallest absolute Gasteiger partial charge is 0.227 e. The molecule has 0 radical (unpaired) electrons. The van der Waals surface area contributed by atoms with Gasteiger partial charge in [-0.2, -0.15) is 0 Å². The highest BCUT2D eigenvalue weighted by molar-refractivity contribution is 5.91. The summed E-state index contributed by atoms with van der Waals surface area (Å²) in [5.74, 6) is 0.241. The molecule has 1 aliphatic carbocycles. The summed E-state index contributed by atoms with van der Waals surface area (Å²) >= 11 is 0. The Morgan fingerprint density at radius 1 is 1.27 bits per heavy atom. The minimum atomic E-state index is -0.0590. The molecule has 11 heavy (non-hydrogen) atoms. The first-order valence-electron chi connectivity index (χ1n) is 4.16. The number of fused-ring (bicyclic) bond motifs is 1. The molecule has 1 saturated heterocycles. The molecule has 2 rings (SSSR count). The molecule has 0 bridgehead atoms. The van der Waals surface area contributed by atoms with Gasteiger partial charge in [0.05, 0.1) is 5.41 Å². The van der Waals surface area contributed by atoms with Crippen LogP contribution in [0.2, 0.25) is 0 Å². The van der Waals surface area contributed by atoms with Gasteiger partial charge >= 0.3 is 0 Å². The normalized spacial score (nSPS) is 51.8. The second-order valence-electron chi connectivity index (χ2n) is 4.92. The molecule has 2 aliphatic rings. The molecule has 2 nitrogen and oxygen atoms in total. The van der Waals surface area contributed by atoms with Gasteiger partial charge < -0.3 is 5.32 Å². The molecule has 0 unspecified atom stereocenters. The molecule has 0 aromatic heterocycles. The fourth-order valence-electron chi connectivity index (χ4n) is 2.46. The van der Waals surface area contributed by atoms with Gasteiger partial charge in [-0.25, -0.2) is 0 Å². The molecule has 1 amide bonds. The van der Waals surface area contributed by atoms with Crippen LogP contribution in [-0.4, -0.2) is 11.4 Å². The van der Waals surface area contributed by atoms with Crippen molar-refractivity contribution in [2.45, 2.75) is 39.7 Å². The molecular weight excluding hydrogens is 138 g/mol. The summed E-state index contributed by atoms with van der Waals surface area (Å²) in [7, 11) is 0. The predicted octanol–water partition coefficient (Wildman–Crippen LogP) is 1.31. The van der Waals surface area contributed by atoms with Gasteiger partial charge in [-0.05, 0) is 20.3 Å². The van der Waals surface area contributed by atoms with Gasteiger partial charge in [-0.15, -0.1) is 0 Å². The Balaban J connectivity index is 2.45. The van der Waals surface area contributed by atoms with E-state index in [1.807, 2.05) is 0 Å². The molecule has 0 aromatic carbocycles. The number of amides is 1. The van der Waals surface area contributed by atoms with E-state index in [1.165, 1.54) is 0 Å². The zero-order valence-corrected chi connectivity index (χ0v) is 7.62. The van der Waals surface area contributed by atoms with Crippen molar-refractivity contribution >= 4 is 5.91 Å². The van der Waals surface area contributed by atoms with Crippen molar-refractivity contribution in [1.82, 2.24) is 5.32 Å². The minimum absolute atomic E-state index is 0.00116. The van der Waals surface area contributed by atoms with Crippen LogP contribution in [0.3, 0.4) is 0 Å². The Morgan fingerprint density at radius 2 is 1.82 bits per heavy atom. The fraction of sp³-hybridized carbons (Fsp3) is 0.889. The standard InChI is InChI=1S/C9H15NO/c1-7(2)9(4)5-8(9,3)6(11)10-7/h5H2,1-4H3,(H,10,11)/t8-,9-/m1/s1. The number of carbonyl (C=O) groups excluding carboxylic acids is 1. The Hall–Kier alpha value is -0.530. The summed E-state index contributed by atoms with van der Waals surface area (Å²) in [4.78, 5) is 11.4. The summed E-state index contributed by atoms with van der Waals surface area (Å²) in [6.45, 7) is 8.49. The molecule has 2 fully saturated rings. The molecule has 62 valence electrons. The van der Waals surface area contributed by atoms with Crippen LogP contribution in [0.15, 0.2) is 0 Å². The lowest BCUT2D eigenvalue weighted by Crippen LogP contribution is -2.43. The summed E-state index contributed by atoms with van der Waals surface area (Å²) in [5, 5.41) is 3.03. The van der Waals surface area contributed by atoms with Crippen molar-refractivity contribution in [3.8, 4) is 0 Å². The maximum Gasteiger partial charge on any atom is 0.227 e. The van der Waals surface area contributed by atoms with Crippen LogP contribution >= 0.6 is 0 Å². The van der Waals surface area contributed by atoms with E-state index in [2.05, 4.69) is 33.0 Å². The average Bonchev–Trinajstić information content (AvgIpc) is 2.33. The van der Waals surface area contributed by atoms with E-state index in [4.69, 9.17) is 0 Å². The minimum Gasteiger partial charge on any atom is -0.350 e. The van der Waals surface area contributed by atoms with Gasteiger partial charge in [-0.1, -0.05) is 13.8 Å². The molecule has 2 atom stereocenters. The zero-order valence-electron chi connectivity index (χ0n) is 7.62. The van der Waals surface area contributed by atoms with Gasteiger partial charge in [-0.3, -0.25) is 4.79 Å². The van der Waals surface area contributed by atoms with Crippen LogP contribution in [0.5, 0.6) is 0 Å². The first-order valence-corrected chi connectivity index (χ1v) is 4.16. The molecule has 0 spiro atoms. The van der Waals surface area contributed by atoms with E-state index in [0.717, 1.165) is 6.42 Å². The fourth-order valence-corrected chi connectivity index (χ4v) is 2.46. The lowest BCUT2D eigenvalue weighted by Gasteiger charge is -2.27. The Bertz CT molecular complexity index is 246. The maximum atomic E-state index is 11.4. The largest absolute Gasteiger partial charge is 0.350 e. The second-order valence-corrected chi connectivity index (χ2v) is 4.92. The number of piperidine rings is 1. The zero-order chi connectivity index (χ0) is 8.49. The van der Waals surface area contributed by atoms with Gasteiger partial charge in [0.15, 0.2) is 0 Å². The third-order valence-corrected chi connectivity index (χ3v) is 4.11. The summed E-state index contributed by atoms with van der Waals surface area (Å²) in [6, 6.07) is 0. The maximum absolute atomic E-state index is 11.4. The first-order chi connectivity index (χ1) is 4.83. The van der Waals surface area contributed by atoms with Crippen molar-refractivity contribution in [3.63, 3.8) is 0 Å². The van der Waals surface area contributed by atoms with Crippen LogP contribution in [-0.2, 0) is 4.79 Å². The van der Waals surface area contributed by atoms with Crippen LogP contribution in [0.25, 0.3) is 0 Å². The van der Waals surface area contributed by atoms with Gasteiger partial charge in [0, 0.05) is 11.0 Å². The number of nitrogens with one attached hydrogen (secondary N) is 1. The van der Waals surface area contributed by atoms with E-state index in [-0.39, 0.29) is 22.3 Å². The average molecular weight is 153 g/mol. The van der Waals surface area contributed by atoms with Crippen molar-refractivity contribution in [2.75, 3.05) is 0 Å². The van der Waals surface area contributed by atoms with Gasteiger partial charge in [0.2, 0.25) is 5.91 Å². The van der Waals surface area contributed by atoms with Crippen molar-refractivity contribution in [1.29, 1.82) is 0 Å². The molecule has 2 heteroatoms. The van der Waals surface area contributed by atoms with E-state index in [1.54, 1.807) is 0 Å². The topological polar surface area (TPSA) is 29.1 Å². The molecule has 1 aliphatic heterocycles. The van der Waals surface area contributed by atoms with Crippen LogP contribution < -0.4 is 5.32 Å². The summed E-state index contributed by atoms with van der Waals surface area (Å²) in [6.07, 6.45) is 1.05. The number of carbonyl (C=O) groups is 1. The Labute approximate surface area is 67.4 Å². The molecule has 1 saturated carbocycles.